The molecule has 0 unspecified atom stereocenters. The molecule has 3 nitrogen and oxygen atoms in total. The molecule has 2 aromatic rings. The summed E-state index contributed by atoms with van der Waals surface area (Å²) in [5, 5.41) is 0. The highest BCUT2D eigenvalue weighted by Crippen LogP contribution is 2.30. The lowest BCUT2D eigenvalue weighted by Gasteiger charge is -2.24. The molecule has 0 bridgehead atoms. The lowest BCUT2D eigenvalue weighted by atomic mass is 10.00. The summed E-state index contributed by atoms with van der Waals surface area (Å²) in [6.45, 7) is 16.0. The van der Waals surface area contributed by atoms with Crippen molar-refractivity contribution in [3.63, 3.8) is 0 Å². The van der Waals surface area contributed by atoms with Crippen LogP contribution < -0.4 is 9.80 Å². The maximum absolute atomic E-state index is 6.50. The van der Waals surface area contributed by atoms with Crippen molar-refractivity contribution in [1.82, 2.24) is 0 Å². The summed E-state index contributed by atoms with van der Waals surface area (Å²) in [5.74, 6) is 0. The van der Waals surface area contributed by atoms with E-state index in [2.05, 4.69) is 92.9 Å². The number of ether oxygens (including phenoxy) is 1. The van der Waals surface area contributed by atoms with Gasteiger partial charge < -0.3 is 14.5 Å². The number of unbranched alkanes of at least 4 members (excludes halogenated alkanes) is 5. The maximum Gasteiger partial charge on any atom is 0.108 e. The molecule has 0 radical (unpaired) electrons. The highest BCUT2D eigenvalue weighted by molar-refractivity contribution is 5.51. The van der Waals surface area contributed by atoms with Gasteiger partial charge in [0.2, 0.25) is 0 Å². The van der Waals surface area contributed by atoms with E-state index in [-0.39, 0.29) is 6.10 Å². The van der Waals surface area contributed by atoms with E-state index in [1.807, 2.05) is 0 Å². The Morgan fingerprint density at radius 3 is 1.38 bits per heavy atom. The monoisotopic (exact) mass is 438 g/mol. The first-order valence-corrected chi connectivity index (χ1v) is 13.0. The Kier molecular flexibility index (Phi) is 12.3. The second-order valence-corrected chi connectivity index (χ2v) is 8.55. The largest absolute Gasteiger partial charge is 0.372 e. The Bertz CT molecular complexity index is 662. The summed E-state index contributed by atoms with van der Waals surface area (Å²) in [6, 6.07) is 18.0. The van der Waals surface area contributed by atoms with Gasteiger partial charge in [-0.1, -0.05) is 63.3 Å². The van der Waals surface area contributed by atoms with Crippen LogP contribution in [0.25, 0.3) is 0 Å². The van der Waals surface area contributed by atoms with Crippen LogP contribution in [0.2, 0.25) is 0 Å². The van der Waals surface area contributed by atoms with Gasteiger partial charge in [0, 0.05) is 44.2 Å². The second kappa shape index (κ2) is 14.9. The summed E-state index contributed by atoms with van der Waals surface area (Å²) in [6.07, 6.45) is 7.69. The van der Waals surface area contributed by atoms with Crippen molar-refractivity contribution in [2.24, 2.45) is 0 Å². The number of nitrogens with zero attached hydrogens (tertiary/aromatic N) is 2. The second-order valence-electron chi connectivity index (χ2n) is 8.55. The molecular weight excluding hydrogens is 392 g/mol. The van der Waals surface area contributed by atoms with Gasteiger partial charge in [0.15, 0.2) is 0 Å². The van der Waals surface area contributed by atoms with Crippen LogP contribution in [0.4, 0.5) is 11.4 Å². The van der Waals surface area contributed by atoms with Crippen LogP contribution in [0, 0.1) is 0 Å². The van der Waals surface area contributed by atoms with Crippen LogP contribution in [0.1, 0.15) is 90.4 Å². The maximum atomic E-state index is 6.50. The lowest BCUT2D eigenvalue weighted by molar-refractivity contribution is 0.0768. The molecule has 0 N–H and O–H groups in total. The molecule has 0 spiro atoms. The van der Waals surface area contributed by atoms with Crippen LogP contribution in [0.15, 0.2) is 48.5 Å². The molecule has 3 heteroatoms. The number of benzene rings is 2. The van der Waals surface area contributed by atoms with Crippen LogP contribution in [-0.4, -0.2) is 32.8 Å². The minimum Gasteiger partial charge on any atom is -0.372 e. The minimum absolute atomic E-state index is 0.0119. The van der Waals surface area contributed by atoms with Crippen LogP contribution >= 0.6 is 0 Å². The van der Waals surface area contributed by atoms with Crippen molar-refractivity contribution in [3.8, 4) is 0 Å². The van der Waals surface area contributed by atoms with Gasteiger partial charge in [0.25, 0.3) is 0 Å². The van der Waals surface area contributed by atoms with E-state index in [9.17, 15) is 0 Å². The first kappa shape index (κ1) is 26.3. The van der Waals surface area contributed by atoms with Crippen LogP contribution in [0.3, 0.4) is 0 Å². The van der Waals surface area contributed by atoms with Gasteiger partial charge in [-0.2, -0.15) is 0 Å². The van der Waals surface area contributed by atoms with E-state index in [1.54, 1.807) is 0 Å². The van der Waals surface area contributed by atoms with Crippen LogP contribution in [-0.2, 0) is 4.74 Å². The standard InChI is InChI=1S/C29H46N2O/c1-6-11-12-13-14-15-24-32-29(25-16-20-27(21-17-25)30(7-2)8-3)26-18-22-28(23-19-26)31(9-4)10-5/h16-23,29H,6-15,24H2,1-5H3. The van der Waals surface area contributed by atoms with Gasteiger partial charge in [0.05, 0.1) is 0 Å². The molecule has 0 saturated heterocycles. The molecule has 0 aliphatic heterocycles. The van der Waals surface area contributed by atoms with Crippen molar-refractivity contribution < 1.29 is 4.74 Å². The third kappa shape index (κ3) is 7.85. The van der Waals surface area contributed by atoms with E-state index >= 15 is 0 Å². The number of hydrogen-bond donors (Lipinski definition) is 0. The molecule has 0 atom stereocenters. The molecule has 2 rings (SSSR count). The Balaban J connectivity index is 2.14. The SMILES string of the molecule is CCCCCCCCOC(c1ccc(N(CC)CC)cc1)c1ccc(N(CC)CC)cc1. The summed E-state index contributed by atoms with van der Waals surface area (Å²) >= 11 is 0. The molecule has 0 fully saturated rings. The zero-order valence-corrected chi connectivity index (χ0v) is 21.3. The van der Waals surface area contributed by atoms with E-state index in [0.29, 0.717) is 0 Å². The van der Waals surface area contributed by atoms with E-state index in [4.69, 9.17) is 4.74 Å². The molecular formula is C29H46N2O. The van der Waals surface area contributed by atoms with Gasteiger partial charge in [0.1, 0.15) is 6.10 Å². The Morgan fingerprint density at radius 1 is 0.562 bits per heavy atom. The summed E-state index contributed by atoms with van der Waals surface area (Å²) in [5.41, 5.74) is 5.04. The van der Waals surface area contributed by atoms with E-state index in [1.165, 1.54) is 54.6 Å². The van der Waals surface area contributed by atoms with Crippen LogP contribution in [0.5, 0.6) is 0 Å². The molecule has 0 heterocycles. The van der Waals surface area contributed by atoms with Gasteiger partial charge in [-0.15, -0.1) is 0 Å². The summed E-state index contributed by atoms with van der Waals surface area (Å²) in [4.78, 5) is 4.77. The third-order valence-electron chi connectivity index (χ3n) is 6.43. The molecule has 0 saturated carbocycles. The van der Waals surface area contributed by atoms with E-state index in [0.717, 1.165) is 39.2 Å². The normalized spacial score (nSPS) is 11.2. The zero-order valence-electron chi connectivity index (χ0n) is 21.3. The Morgan fingerprint density at radius 2 is 0.969 bits per heavy atom. The lowest BCUT2D eigenvalue weighted by Crippen LogP contribution is -2.22. The zero-order chi connectivity index (χ0) is 23.2. The van der Waals surface area contributed by atoms with Crippen molar-refractivity contribution in [3.05, 3.63) is 59.7 Å². The van der Waals surface area contributed by atoms with Gasteiger partial charge in [-0.3, -0.25) is 0 Å². The predicted molar refractivity (Wildman–Crippen MR) is 141 cm³/mol. The molecule has 178 valence electrons. The van der Waals surface area contributed by atoms with E-state index < -0.39 is 0 Å². The third-order valence-corrected chi connectivity index (χ3v) is 6.43. The molecule has 0 aliphatic carbocycles. The smallest absolute Gasteiger partial charge is 0.108 e. The molecule has 0 aromatic heterocycles. The Labute approximate surface area is 197 Å². The van der Waals surface area contributed by atoms with Gasteiger partial charge in [-0.25, -0.2) is 0 Å². The minimum atomic E-state index is -0.0119. The fourth-order valence-corrected chi connectivity index (χ4v) is 4.37. The fourth-order valence-electron chi connectivity index (χ4n) is 4.37. The first-order valence-electron chi connectivity index (χ1n) is 13.0. The molecule has 32 heavy (non-hydrogen) atoms. The quantitative estimate of drug-likeness (QED) is 0.248. The fraction of sp³-hybridized carbons (Fsp3) is 0.586. The summed E-state index contributed by atoms with van der Waals surface area (Å²) in [7, 11) is 0. The van der Waals surface area contributed by atoms with Crippen molar-refractivity contribution in [2.75, 3.05) is 42.6 Å². The highest BCUT2D eigenvalue weighted by atomic mass is 16.5. The first-order chi connectivity index (χ1) is 15.7. The number of anilines is 2. The molecule has 2 aromatic carbocycles. The highest BCUT2D eigenvalue weighted by Gasteiger charge is 2.16. The topological polar surface area (TPSA) is 15.7 Å². The van der Waals surface area contributed by atoms with Crippen molar-refractivity contribution in [1.29, 1.82) is 0 Å². The predicted octanol–water partition coefficient (Wildman–Crippen LogP) is 7.85. The van der Waals surface area contributed by atoms with Crippen molar-refractivity contribution in [2.45, 2.75) is 79.2 Å². The number of rotatable bonds is 16. The van der Waals surface area contributed by atoms with Gasteiger partial charge in [-0.05, 0) is 69.5 Å². The molecule has 0 amide bonds. The molecule has 0 aliphatic rings. The Hall–Kier alpha value is -2.00. The van der Waals surface area contributed by atoms with Gasteiger partial charge >= 0.3 is 0 Å². The average molecular weight is 439 g/mol. The average Bonchev–Trinajstić information content (AvgIpc) is 2.84. The van der Waals surface area contributed by atoms with Crippen molar-refractivity contribution >= 4 is 11.4 Å². The number of hydrogen-bond acceptors (Lipinski definition) is 3. The summed E-state index contributed by atoms with van der Waals surface area (Å²) < 4.78 is 6.50.